The molecule has 1 N–H and O–H groups in total. The summed E-state index contributed by atoms with van der Waals surface area (Å²) in [4.78, 5) is 15.3. The van der Waals surface area contributed by atoms with Gasteiger partial charge in [-0.2, -0.15) is 0 Å². The summed E-state index contributed by atoms with van der Waals surface area (Å²) in [6, 6.07) is 7.95. The van der Waals surface area contributed by atoms with Gasteiger partial charge in [0.1, 0.15) is 0 Å². The standard InChI is InChI=1S/C18H26N2O3S2/c1-20(15-10-11-25(22,23)13-15)12-18(21)19-14-6-8-17(9-7-14)24-16-4-2-3-5-16/h6-9,15-16H,2-5,10-13H2,1H3,(H,19,21). The highest BCUT2D eigenvalue weighted by molar-refractivity contribution is 8.00. The van der Waals surface area contributed by atoms with Crippen LogP contribution >= 0.6 is 11.8 Å². The van der Waals surface area contributed by atoms with Gasteiger partial charge in [-0.25, -0.2) is 8.42 Å². The molecule has 0 spiro atoms. The minimum absolute atomic E-state index is 0.0547. The SMILES string of the molecule is CN(CC(=O)Nc1ccc(SC2CCCC2)cc1)C1CCS(=O)(=O)C1. The summed E-state index contributed by atoms with van der Waals surface area (Å²) >= 11 is 1.93. The Hall–Kier alpha value is -1.05. The molecule has 7 heteroatoms. The molecule has 0 radical (unpaired) electrons. The molecule has 2 fully saturated rings. The number of rotatable bonds is 6. The Labute approximate surface area is 154 Å². The summed E-state index contributed by atoms with van der Waals surface area (Å²) in [6.07, 6.45) is 5.88. The van der Waals surface area contributed by atoms with Crippen molar-refractivity contribution in [1.29, 1.82) is 0 Å². The van der Waals surface area contributed by atoms with E-state index in [1.165, 1.54) is 30.6 Å². The molecular formula is C18H26N2O3S2. The molecule has 1 atom stereocenters. The number of likely N-dealkylation sites (N-methyl/N-ethyl adjacent to an activating group) is 1. The second-order valence-corrected chi connectivity index (χ2v) is 10.7. The van der Waals surface area contributed by atoms with E-state index in [1.54, 1.807) is 0 Å². The fourth-order valence-electron chi connectivity index (χ4n) is 3.49. The largest absolute Gasteiger partial charge is 0.325 e. The molecule has 1 aromatic carbocycles. The lowest BCUT2D eigenvalue weighted by Crippen LogP contribution is -2.38. The molecule has 1 aliphatic carbocycles. The maximum absolute atomic E-state index is 12.2. The van der Waals surface area contributed by atoms with Gasteiger partial charge in [-0.1, -0.05) is 12.8 Å². The monoisotopic (exact) mass is 382 g/mol. The molecule has 0 aromatic heterocycles. The van der Waals surface area contributed by atoms with Gasteiger partial charge >= 0.3 is 0 Å². The molecule has 25 heavy (non-hydrogen) atoms. The zero-order chi connectivity index (χ0) is 17.9. The smallest absolute Gasteiger partial charge is 0.238 e. The van der Waals surface area contributed by atoms with Gasteiger partial charge in [-0.3, -0.25) is 9.69 Å². The van der Waals surface area contributed by atoms with Crippen LogP contribution in [-0.4, -0.2) is 55.6 Å². The highest BCUT2D eigenvalue weighted by Crippen LogP contribution is 2.34. The van der Waals surface area contributed by atoms with Crippen LogP contribution in [0.25, 0.3) is 0 Å². The van der Waals surface area contributed by atoms with E-state index in [-0.39, 0.29) is 30.0 Å². The normalized spacial score (nSPS) is 23.2. The Morgan fingerprint density at radius 1 is 1.20 bits per heavy atom. The zero-order valence-electron chi connectivity index (χ0n) is 14.6. The number of amides is 1. The van der Waals surface area contributed by atoms with Gasteiger partial charge in [0.15, 0.2) is 9.84 Å². The van der Waals surface area contributed by atoms with Gasteiger partial charge in [0.05, 0.1) is 18.1 Å². The van der Waals surface area contributed by atoms with Crippen molar-refractivity contribution in [2.75, 3.05) is 30.4 Å². The second-order valence-electron chi connectivity index (χ2n) is 7.07. The van der Waals surface area contributed by atoms with E-state index >= 15 is 0 Å². The van der Waals surface area contributed by atoms with Crippen LogP contribution in [0.5, 0.6) is 0 Å². The molecule has 1 aliphatic heterocycles. The molecule has 1 heterocycles. The van der Waals surface area contributed by atoms with E-state index in [1.807, 2.05) is 35.8 Å². The Balaban J connectivity index is 1.47. The Bertz CT molecular complexity index is 698. The third-order valence-corrected chi connectivity index (χ3v) is 8.07. The van der Waals surface area contributed by atoms with E-state index in [9.17, 15) is 13.2 Å². The Kier molecular flexibility index (Phi) is 6.07. The van der Waals surface area contributed by atoms with Gasteiger partial charge in [0.2, 0.25) is 5.91 Å². The summed E-state index contributed by atoms with van der Waals surface area (Å²) < 4.78 is 23.1. The van der Waals surface area contributed by atoms with E-state index in [4.69, 9.17) is 0 Å². The minimum Gasteiger partial charge on any atom is -0.325 e. The number of carbonyl (C=O) groups excluding carboxylic acids is 1. The number of sulfone groups is 1. The third kappa shape index (κ3) is 5.46. The van der Waals surface area contributed by atoms with Crippen molar-refractivity contribution < 1.29 is 13.2 Å². The fourth-order valence-corrected chi connectivity index (χ4v) is 6.55. The maximum atomic E-state index is 12.2. The average Bonchev–Trinajstić information content (AvgIpc) is 3.18. The number of benzene rings is 1. The first-order valence-electron chi connectivity index (χ1n) is 8.88. The van der Waals surface area contributed by atoms with E-state index in [0.29, 0.717) is 6.42 Å². The topological polar surface area (TPSA) is 66.5 Å². The number of nitrogens with one attached hydrogen (secondary N) is 1. The number of carbonyl (C=O) groups is 1. The highest BCUT2D eigenvalue weighted by Gasteiger charge is 2.31. The molecule has 138 valence electrons. The first-order valence-corrected chi connectivity index (χ1v) is 11.6. The van der Waals surface area contributed by atoms with Gasteiger partial charge < -0.3 is 5.32 Å². The predicted octanol–water partition coefficient (Wildman–Crippen LogP) is 2.78. The van der Waals surface area contributed by atoms with Crippen LogP contribution in [0.3, 0.4) is 0 Å². The molecule has 5 nitrogen and oxygen atoms in total. The van der Waals surface area contributed by atoms with Gasteiger partial charge in [-0.05, 0) is 50.6 Å². The molecule has 1 unspecified atom stereocenters. The summed E-state index contributed by atoms with van der Waals surface area (Å²) in [7, 11) is -1.11. The van der Waals surface area contributed by atoms with Gasteiger partial charge in [0, 0.05) is 21.9 Å². The molecule has 1 aromatic rings. The van der Waals surface area contributed by atoms with Gasteiger partial charge in [0.25, 0.3) is 0 Å². The van der Waals surface area contributed by atoms with Crippen molar-refractivity contribution in [2.24, 2.45) is 0 Å². The molecule has 1 saturated heterocycles. The van der Waals surface area contributed by atoms with Crippen molar-refractivity contribution >= 4 is 33.2 Å². The van der Waals surface area contributed by atoms with Crippen molar-refractivity contribution in [3.63, 3.8) is 0 Å². The first kappa shape index (κ1) is 18.7. The lowest BCUT2D eigenvalue weighted by atomic mass is 10.2. The van der Waals surface area contributed by atoms with E-state index < -0.39 is 9.84 Å². The van der Waals surface area contributed by atoms with E-state index in [0.717, 1.165) is 10.9 Å². The number of hydrogen-bond acceptors (Lipinski definition) is 5. The quantitative estimate of drug-likeness (QED) is 0.819. The van der Waals surface area contributed by atoms with Crippen molar-refractivity contribution in [1.82, 2.24) is 4.90 Å². The van der Waals surface area contributed by atoms with Crippen LogP contribution < -0.4 is 5.32 Å². The lowest BCUT2D eigenvalue weighted by Gasteiger charge is -2.22. The molecular weight excluding hydrogens is 356 g/mol. The summed E-state index contributed by atoms with van der Waals surface area (Å²) in [6.45, 7) is 0.207. The van der Waals surface area contributed by atoms with E-state index in [2.05, 4.69) is 17.4 Å². The summed E-state index contributed by atoms with van der Waals surface area (Å²) in [5.41, 5.74) is 0.785. The van der Waals surface area contributed by atoms with Crippen LogP contribution in [-0.2, 0) is 14.6 Å². The number of thioether (sulfide) groups is 1. The van der Waals surface area contributed by atoms with Crippen LogP contribution in [0.2, 0.25) is 0 Å². The Morgan fingerprint density at radius 3 is 2.48 bits per heavy atom. The van der Waals surface area contributed by atoms with Crippen LogP contribution in [0.1, 0.15) is 32.1 Å². The van der Waals surface area contributed by atoms with Crippen LogP contribution in [0.4, 0.5) is 5.69 Å². The van der Waals surface area contributed by atoms with Crippen molar-refractivity contribution in [3.05, 3.63) is 24.3 Å². The third-order valence-electron chi connectivity index (χ3n) is 4.97. The predicted molar refractivity (Wildman–Crippen MR) is 103 cm³/mol. The maximum Gasteiger partial charge on any atom is 0.238 e. The number of nitrogens with zero attached hydrogens (tertiary/aromatic N) is 1. The molecule has 2 aliphatic rings. The molecule has 1 amide bonds. The molecule has 3 rings (SSSR count). The zero-order valence-corrected chi connectivity index (χ0v) is 16.2. The molecule has 1 saturated carbocycles. The number of hydrogen-bond donors (Lipinski definition) is 1. The van der Waals surface area contributed by atoms with Gasteiger partial charge in [-0.15, -0.1) is 11.8 Å². The van der Waals surface area contributed by atoms with Crippen LogP contribution in [0.15, 0.2) is 29.2 Å². The average molecular weight is 383 g/mol. The highest BCUT2D eigenvalue weighted by atomic mass is 32.2. The first-order chi connectivity index (χ1) is 11.9. The number of anilines is 1. The Morgan fingerprint density at radius 2 is 1.88 bits per heavy atom. The molecule has 0 bridgehead atoms. The summed E-state index contributed by atoms with van der Waals surface area (Å²) in [5.74, 6) is 0.274. The fraction of sp³-hybridized carbons (Fsp3) is 0.611. The second kappa shape index (κ2) is 8.10. The van der Waals surface area contributed by atoms with Crippen molar-refractivity contribution in [2.45, 2.75) is 48.3 Å². The van der Waals surface area contributed by atoms with Crippen LogP contribution in [0, 0.1) is 0 Å². The lowest BCUT2D eigenvalue weighted by molar-refractivity contribution is -0.117. The van der Waals surface area contributed by atoms with Crippen molar-refractivity contribution in [3.8, 4) is 0 Å². The summed E-state index contributed by atoms with van der Waals surface area (Å²) in [5, 5.41) is 3.63. The minimum atomic E-state index is -2.93.